The Morgan fingerprint density at radius 1 is 0.595 bits per heavy atom. The van der Waals surface area contributed by atoms with E-state index in [2.05, 4.69) is 0 Å². The van der Waals surface area contributed by atoms with Gasteiger partial charge in [0.05, 0.1) is 43.5 Å². The third-order valence-corrected chi connectivity index (χ3v) is 9.81. The molecule has 15 heteroatoms. The van der Waals surface area contributed by atoms with Gasteiger partial charge in [0, 0.05) is 25.2 Å². The molecule has 3 saturated heterocycles. The summed E-state index contributed by atoms with van der Waals surface area (Å²) in [4.78, 5) is 0. The average molecular weight is 612 g/mol. The largest absolute Gasteiger partial charge is 0.429 e. The highest BCUT2D eigenvalue weighted by Crippen LogP contribution is 2.42. The number of ether oxygens (including phenoxy) is 5. The van der Waals surface area contributed by atoms with Crippen LogP contribution in [0.3, 0.4) is 0 Å². The SMILES string of the molecule is OCC1OC(OC2C(OC3CC(O)CC4[OH+]C(C5CCC(O)C(O)C5)CCC34)OC(CO)C(O)C2O)C(O)C(O)C1O. The van der Waals surface area contributed by atoms with Gasteiger partial charge in [0.2, 0.25) is 0 Å². The van der Waals surface area contributed by atoms with Crippen molar-refractivity contribution in [1.29, 1.82) is 0 Å². The minimum Gasteiger partial charge on any atom is -0.429 e. The third kappa shape index (κ3) is 6.66. The van der Waals surface area contributed by atoms with Crippen LogP contribution in [0, 0.1) is 11.8 Å². The Labute approximate surface area is 243 Å². The summed E-state index contributed by atoms with van der Waals surface area (Å²) in [6, 6.07) is 0. The number of rotatable bonds is 7. The summed E-state index contributed by atoms with van der Waals surface area (Å²) in [6.45, 7) is -1.35. The van der Waals surface area contributed by atoms with E-state index >= 15 is 0 Å². The molecular weight excluding hydrogens is 564 g/mol. The summed E-state index contributed by atoms with van der Waals surface area (Å²) in [5, 5.41) is 102. The number of aliphatic hydroxyl groups is 12. The van der Waals surface area contributed by atoms with Crippen LogP contribution in [0.15, 0.2) is 0 Å². The van der Waals surface area contributed by atoms with E-state index in [1.165, 1.54) is 0 Å². The smallest absolute Gasteiger partial charge is 0.187 e. The van der Waals surface area contributed by atoms with Gasteiger partial charge in [0.1, 0.15) is 48.8 Å². The third-order valence-electron chi connectivity index (χ3n) is 9.81. The molecule has 0 spiro atoms. The van der Waals surface area contributed by atoms with Gasteiger partial charge in [-0.25, -0.2) is 0 Å². The molecule has 5 aliphatic rings. The maximum Gasteiger partial charge on any atom is 0.187 e. The maximum atomic E-state index is 10.9. The number of hydrogen-bond donors (Lipinski definition) is 10. The minimum atomic E-state index is -1.78. The summed E-state index contributed by atoms with van der Waals surface area (Å²) in [5.74, 6) is -0.000405. The van der Waals surface area contributed by atoms with Crippen LogP contribution in [0.1, 0.15) is 44.9 Å². The fourth-order valence-corrected chi connectivity index (χ4v) is 7.32. The monoisotopic (exact) mass is 611 g/mol. The Morgan fingerprint density at radius 2 is 1.26 bits per heavy atom. The zero-order chi connectivity index (χ0) is 30.3. The summed E-state index contributed by atoms with van der Waals surface area (Å²) >= 11 is 0. The maximum absolute atomic E-state index is 10.9. The molecule has 0 aromatic heterocycles. The van der Waals surface area contributed by atoms with E-state index in [1.807, 2.05) is 0 Å². The molecule has 244 valence electrons. The van der Waals surface area contributed by atoms with Crippen molar-refractivity contribution in [1.82, 2.24) is 0 Å². The lowest BCUT2D eigenvalue weighted by Gasteiger charge is -2.49. The van der Waals surface area contributed by atoms with Gasteiger partial charge in [-0.2, -0.15) is 0 Å². The van der Waals surface area contributed by atoms with Crippen molar-refractivity contribution in [3.63, 3.8) is 0 Å². The summed E-state index contributed by atoms with van der Waals surface area (Å²) in [7, 11) is 0. The van der Waals surface area contributed by atoms with E-state index in [1.54, 1.807) is 0 Å². The lowest BCUT2D eigenvalue weighted by Crippen LogP contribution is -2.65. The van der Waals surface area contributed by atoms with Crippen molar-refractivity contribution in [2.45, 2.75) is 143 Å². The molecule has 2 saturated carbocycles. The van der Waals surface area contributed by atoms with Crippen LogP contribution < -0.4 is 0 Å². The predicted molar refractivity (Wildman–Crippen MR) is 138 cm³/mol. The van der Waals surface area contributed by atoms with E-state index in [-0.39, 0.29) is 30.5 Å². The fraction of sp³-hybridized carbons (Fsp3) is 1.00. The zero-order valence-electron chi connectivity index (χ0n) is 23.3. The first-order chi connectivity index (χ1) is 20.0. The molecule has 0 bridgehead atoms. The van der Waals surface area contributed by atoms with Crippen molar-refractivity contribution in [2.24, 2.45) is 11.8 Å². The Kier molecular flexibility index (Phi) is 10.8. The molecule has 0 amide bonds. The van der Waals surface area contributed by atoms with Crippen molar-refractivity contribution in [3.8, 4) is 0 Å². The van der Waals surface area contributed by atoms with Crippen LogP contribution >= 0.6 is 0 Å². The second kappa shape index (κ2) is 13.8. The van der Waals surface area contributed by atoms with Gasteiger partial charge in [-0.1, -0.05) is 0 Å². The zero-order valence-corrected chi connectivity index (χ0v) is 23.3. The van der Waals surface area contributed by atoms with Crippen molar-refractivity contribution < 1.29 is 74.7 Å². The highest BCUT2D eigenvalue weighted by Gasteiger charge is 2.54. The fourth-order valence-electron chi connectivity index (χ4n) is 7.32. The lowest BCUT2D eigenvalue weighted by atomic mass is 9.73. The topological polar surface area (TPSA) is 252 Å². The van der Waals surface area contributed by atoms with Crippen molar-refractivity contribution >= 4 is 0 Å². The quantitative estimate of drug-likeness (QED) is 0.122. The van der Waals surface area contributed by atoms with Crippen LogP contribution in [-0.2, 0) is 18.9 Å². The van der Waals surface area contributed by atoms with Gasteiger partial charge in [0.15, 0.2) is 24.8 Å². The lowest BCUT2D eigenvalue weighted by molar-refractivity contribution is -0.378. The first kappa shape index (κ1) is 32.8. The van der Waals surface area contributed by atoms with E-state index in [9.17, 15) is 51.1 Å². The highest BCUT2D eigenvalue weighted by molar-refractivity contribution is 4.97. The molecule has 5 rings (SSSR count). The molecule has 3 heterocycles. The van der Waals surface area contributed by atoms with Crippen molar-refractivity contribution in [2.75, 3.05) is 13.2 Å². The van der Waals surface area contributed by atoms with Gasteiger partial charge >= 0.3 is 0 Å². The molecule has 18 atom stereocenters. The molecule has 5 fully saturated rings. The van der Waals surface area contributed by atoms with Gasteiger partial charge in [0.25, 0.3) is 0 Å². The van der Waals surface area contributed by atoms with E-state index in [0.717, 1.165) is 12.8 Å². The molecule has 2 aliphatic carbocycles. The Hall–Kier alpha value is -0.600. The van der Waals surface area contributed by atoms with Gasteiger partial charge in [-0.05, 0) is 25.7 Å². The Balaban J connectivity index is 1.30. The first-order valence-electron chi connectivity index (χ1n) is 15.0. The molecule has 0 aromatic rings. The Bertz CT molecular complexity index is 865. The second-order valence-corrected chi connectivity index (χ2v) is 12.5. The van der Waals surface area contributed by atoms with Crippen LogP contribution in [0.25, 0.3) is 0 Å². The highest BCUT2D eigenvalue weighted by atomic mass is 16.8. The number of hydrogen-bond acceptors (Lipinski definition) is 14. The normalized spacial score (nSPS) is 53.9. The van der Waals surface area contributed by atoms with E-state index < -0.39 is 99.0 Å². The Morgan fingerprint density at radius 3 is 1.93 bits per heavy atom. The van der Waals surface area contributed by atoms with Gasteiger partial charge < -0.3 is 74.7 Å². The molecule has 3 aliphatic heterocycles. The number of fused-ring (bicyclic) bond motifs is 1. The number of aliphatic hydroxyl groups excluding tert-OH is 10. The van der Waals surface area contributed by atoms with Gasteiger partial charge in [-0.15, -0.1) is 0 Å². The van der Waals surface area contributed by atoms with Crippen LogP contribution in [0.4, 0.5) is 0 Å². The summed E-state index contributed by atoms with van der Waals surface area (Å²) < 4.78 is 28.3. The first-order valence-corrected chi connectivity index (χ1v) is 15.0. The summed E-state index contributed by atoms with van der Waals surface area (Å²) in [6.07, 6.45) is -14.9. The standard InChI is InChI=1S/C27H46O15/c28-8-18-20(33)22(35)24(37)26(40-18)42-25-23(36)21(34)19(9-29)41-27(25)39-17-7-11(30)6-16-12(17)2-4-15(38-16)10-1-3-13(31)14(32)5-10/h10-37H,1-9H2/p+1. The van der Waals surface area contributed by atoms with E-state index in [0.29, 0.717) is 25.7 Å². The molecule has 42 heavy (non-hydrogen) atoms. The molecule has 11 N–H and O–H groups in total. The molecular formula is C27H47O15+. The molecule has 0 radical (unpaired) electrons. The molecule has 15 nitrogen and oxygen atoms in total. The average Bonchev–Trinajstić information content (AvgIpc) is 2.97. The van der Waals surface area contributed by atoms with E-state index in [4.69, 9.17) is 23.7 Å². The van der Waals surface area contributed by atoms with Crippen LogP contribution in [0.2, 0.25) is 0 Å². The van der Waals surface area contributed by atoms with Gasteiger partial charge in [-0.3, -0.25) is 0 Å². The second-order valence-electron chi connectivity index (χ2n) is 12.5. The molecule has 0 aromatic carbocycles. The van der Waals surface area contributed by atoms with Crippen LogP contribution in [-0.4, -0.2) is 167 Å². The predicted octanol–water partition coefficient (Wildman–Crippen LogP) is -4.65. The summed E-state index contributed by atoms with van der Waals surface area (Å²) in [5.41, 5.74) is 0. The van der Waals surface area contributed by atoms with Crippen LogP contribution in [0.5, 0.6) is 0 Å². The minimum absolute atomic E-state index is 0.0247. The molecule has 18 unspecified atom stereocenters. The van der Waals surface area contributed by atoms with Crippen molar-refractivity contribution in [3.05, 3.63) is 0 Å².